The Morgan fingerprint density at radius 3 is 2.71 bits per heavy atom. The van der Waals surface area contributed by atoms with Crippen molar-refractivity contribution in [3.8, 4) is 6.07 Å². The van der Waals surface area contributed by atoms with E-state index in [9.17, 15) is 0 Å². The van der Waals surface area contributed by atoms with Crippen LogP contribution in [0.2, 0.25) is 0 Å². The zero-order chi connectivity index (χ0) is 12.1. The number of rotatable bonds is 5. The average Bonchev–Trinajstić information content (AvgIpc) is 2.29. The van der Waals surface area contributed by atoms with E-state index in [4.69, 9.17) is 5.26 Å². The van der Waals surface area contributed by atoms with Gasteiger partial charge in [0.1, 0.15) is 0 Å². The third kappa shape index (κ3) is 2.87. The molecule has 0 amide bonds. The van der Waals surface area contributed by atoms with E-state index in [1.807, 2.05) is 0 Å². The first kappa shape index (κ1) is 12.1. The maximum absolute atomic E-state index is 9.11. The third-order valence-corrected chi connectivity index (χ3v) is 3.84. The molecule has 0 saturated heterocycles. The van der Waals surface area contributed by atoms with Crippen LogP contribution in [0.25, 0.3) is 0 Å². The predicted octanol–water partition coefficient (Wildman–Crippen LogP) is 2.82. The molecule has 0 bridgehead atoms. The van der Waals surface area contributed by atoms with Crippen LogP contribution in [0.5, 0.6) is 0 Å². The lowest BCUT2D eigenvalue weighted by molar-refractivity contribution is 0.208. The van der Waals surface area contributed by atoms with E-state index in [2.05, 4.69) is 42.6 Å². The summed E-state index contributed by atoms with van der Waals surface area (Å²) in [6, 6.07) is 11.0. The van der Waals surface area contributed by atoms with Crippen molar-refractivity contribution < 1.29 is 0 Å². The summed E-state index contributed by atoms with van der Waals surface area (Å²) in [6.07, 6.45) is 4.41. The summed E-state index contributed by atoms with van der Waals surface area (Å²) in [6.45, 7) is 3.97. The number of nitrogens with zero attached hydrogens (tertiary/aromatic N) is 1. The molecule has 1 aromatic rings. The Bertz CT molecular complexity index is 413. The number of hydrogen-bond acceptors (Lipinski definition) is 2. The van der Waals surface area contributed by atoms with Gasteiger partial charge in [-0.2, -0.15) is 5.26 Å². The summed E-state index contributed by atoms with van der Waals surface area (Å²) in [5.41, 5.74) is 2.71. The molecule has 17 heavy (non-hydrogen) atoms. The molecule has 1 fully saturated rings. The largest absolute Gasteiger partial charge is 0.315 e. The van der Waals surface area contributed by atoms with Gasteiger partial charge in [0.05, 0.1) is 11.5 Å². The van der Waals surface area contributed by atoms with Gasteiger partial charge in [0.25, 0.3) is 0 Å². The van der Waals surface area contributed by atoms with Crippen molar-refractivity contribution >= 4 is 0 Å². The van der Waals surface area contributed by atoms with E-state index in [0.717, 1.165) is 32.4 Å². The molecule has 1 N–H and O–H groups in total. The SMILES string of the molecule is Cc1ccccc1CCNCC1(C#N)CCC1. The van der Waals surface area contributed by atoms with Crippen LogP contribution in [0.3, 0.4) is 0 Å². The van der Waals surface area contributed by atoms with Crippen LogP contribution in [0, 0.1) is 23.7 Å². The standard InChI is InChI=1S/C15H20N2/c1-13-5-2-3-6-14(13)7-10-17-12-15(11-16)8-4-9-15/h2-3,5-6,17H,4,7-10,12H2,1H3. The van der Waals surface area contributed by atoms with Gasteiger partial charge in [-0.25, -0.2) is 0 Å². The van der Waals surface area contributed by atoms with Crippen molar-refractivity contribution in [3.05, 3.63) is 35.4 Å². The molecular formula is C15H20N2. The second kappa shape index (κ2) is 5.33. The van der Waals surface area contributed by atoms with Crippen molar-refractivity contribution in [3.63, 3.8) is 0 Å². The zero-order valence-corrected chi connectivity index (χ0v) is 10.5. The molecule has 0 heterocycles. The molecule has 0 spiro atoms. The lowest BCUT2D eigenvalue weighted by atomic mass is 9.70. The highest BCUT2D eigenvalue weighted by molar-refractivity contribution is 5.25. The van der Waals surface area contributed by atoms with E-state index >= 15 is 0 Å². The molecule has 0 radical (unpaired) electrons. The van der Waals surface area contributed by atoms with Gasteiger partial charge < -0.3 is 5.32 Å². The quantitative estimate of drug-likeness (QED) is 0.787. The van der Waals surface area contributed by atoms with E-state index in [1.54, 1.807) is 0 Å². The van der Waals surface area contributed by atoms with Gasteiger partial charge >= 0.3 is 0 Å². The average molecular weight is 228 g/mol. The minimum Gasteiger partial charge on any atom is -0.315 e. The molecular weight excluding hydrogens is 208 g/mol. The lowest BCUT2D eigenvalue weighted by Crippen LogP contribution is -2.39. The van der Waals surface area contributed by atoms with Crippen molar-refractivity contribution in [2.45, 2.75) is 32.6 Å². The molecule has 1 aliphatic rings. The molecule has 90 valence electrons. The molecule has 0 atom stereocenters. The second-order valence-corrected chi connectivity index (χ2v) is 5.10. The van der Waals surface area contributed by atoms with Gasteiger partial charge in [-0.3, -0.25) is 0 Å². The van der Waals surface area contributed by atoms with Gasteiger partial charge in [0.15, 0.2) is 0 Å². The normalized spacial score (nSPS) is 17.2. The highest BCUT2D eigenvalue weighted by atomic mass is 14.9. The highest BCUT2D eigenvalue weighted by Gasteiger charge is 2.36. The minimum absolute atomic E-state index is 0.0499. The summed E-state index contributed by atoms with van der Waals surface area (Å²) in [4.78, 5) is 0. The van der Waals surface area contributed by atoms with Gasteiger partial charge in [0.2, 0.25) is 0 Å². The highest BCUT2D eigenvalue weighted by Crippen LogP contribution is 2.39. The van der Waals surface area contributed by atoms with Gasteiger partial charge in [0, 0.05) is 6.54 Å². The molecule has 2 rings (SSSR count). The Morgan fingerprint density at radius 1 is 1.35 bits per heavy atom. The fraction of sp³-hybridized carbons (Fsp3) is 0.533. The first-order chi connectivity index (χ1) is 8.26. The van der Waals surface area contributed by atoms with E-state index < -0.39 is 0 Å². The summed E-state index contributed by atoms with van der Waals surface area (Å²) in [5.74, 6) is 0. The van der Waals surface area contributed by atoms with E-state index in [1.165, 1.54) is 17.5 Å². The first-order valence-electron chi connectivity index (χ1n) is 6.42. The van der Waals surface area contributed by atoms with Crippen molar-refractivity contribution in [1.82, 2.24) is 5.32 Å². The maximum atomic E-state index is 9.11. The summed E-state index contributed by atoms with van der Waals surface area (Å²) in [7, 11) is 0. The topological polar surface area (TPSA) is 35.8 Å². The number of nitriles is 1. The van der Waals surface area contributed by atoms with Crippen molar-refractivity contribution in [2.24, 2.45) is 5.41 Å². The Kier molecular flexibility index (Phi) is 3.81. The molecule has 0 aliphatic heterocycles. The molecule has 0 aromatic heterocycles. The number of nitrogens with one attached hydrogen (secondary N) is 1. The molecule has 1 aliphatic carbocycles. The monoisotopic (exact) mass is 228 g/mol. The Labute approximate surface area is 104 Å². The van der Waals surface area contributed by atoms with Crippen LogP contribution in [-0.2, 0) is 6.42 Å². The molecule has 1 aromatic carbocycles. The lowest BCUT2D eigenvalue weighted by Gasteiger charge is -2.35. The van der Waals surface area contributed by atoms with E-state index in [0.29, 0.717) is 0 Å². The van der Waals surface area contributed by atoms with Crippen molar-refractivity contribution in [2.75, 3.05) is 13.1 Å². The molecule has 2 heteroatoms. The maximum Gasteiger partial charge on any atom is 0.0703 e. The second-order valence-electron chi connectivity index (χ2n) is 5.10. The number of hydrogen-bond donors (Lipinski definition) is 1. The predicted molar refractivity (Wildman–Crippen MR) is 69.6 cm³/mol. The van der Waals surface area contributed by atoms with Crippen LogP contribution < -0.4 is 5.32 Å². The number of benzene rings is 1. The molecule has 2 nitrogen and oxygen atoms in total. The van der Waals surface area contributed by atoms with Gasteiger partial charge in [-0.15, -0.1) is 0 Å². The Morgan fingerprint density at radius 2 is 2.12 bits per heavy atom. The van der Waals surface area contributed by atoms with Crippen LogP contribution >= 0.6 is 0 Å². The Hall–Kier alpha value is -1.33. The zero-order valence-electron chi connectivity index (χ0n) is 10.5. The minimum atomic E-state index is -0.0499. The van der Waals surface area contributed by atoms with Crippen LogP contribution in [0.15, 0.2) is 24.3 Å². The van der Waals surface area contributed by atoms with Crippen LogP contribution in [0.1, 0.15) is 30.4 Å². The van der Waals surface area contributed by atoms with Gasteiger partial charge in [-0.05, 0) is 43.9 Å². The third-order valence-electron chi connectivity index (χ3n) is 3.84. The number of aryl methyl sites for hydroxylation is 1. The van der Waals surface area contributed by atoms with Crippen molar-refractivity contribution in [1.29, 1.82) is 5.26 Å². The van der Waals surface area contributed by atoms with E-state index in [-0.39, 0.29) is 5.41 Å². The fourth-order valence-electron chi connectivity index (χ4n) is 2.37. The van der Waals surface area contributed by atoms with Gasteiger partial charge in [-0.1, -0.05) is 30.7 Å². The summed E-state index contributed by atoms with van der Waals surface area (Å²) < 4.78 is 0. The fourth-order valence-corrected chi connectivity index (χ4v) is 2.37. The Balaban J connectivity index is 1.74. The first-order valence-corrected chi connectivity index (χ1v) is 6.42. The molecule has 1 saturated carbocycles. The summed E-state index contributed by atoms with van der Waals surface area (Å²) >= 11 is 0. The summed E-state index contributed by atoms with van der Waals surface area (Å²) in [5, 5.41) is 12.5. The van der Waals surface area contributed by atoms with Crippen LogP contribution in [-0.4, -0.2) is 13.1 Å². The van der Waals surface area contributed by atoms with Crippen LogP contribution in [0.4, 0.5) is 0 Å². The molecule has 0 unspecified atom stereocenters. The smallest absolute Gasteiger partial charge is 0.0703 e.